The third kappa shape index (κ3) is 5.63. The van der Waals surface area contributed by atoms with Gasteiger partial charge in [-0.2, -0.15) is 0 Å². The first kappa shape index (κ1) is 26.2. The number of esters is 1. The zero-order valence-electron chi connectivity index (χ0n) is 20.5. The van der Waals surface area contributed by atoms with Crippen molar-refractivity contribution < 1.29 is 33.4 Å². The number of carbonyl (C=O) groups is 4. The van der Waals surface area contributed by atoms with Gasteiger partial charge in [-0.15, -0.1) is 6.58 Å². The molecule has 1 fully saturated rings. The van der Waals surface area contributed by atoms with Crippen LogP contribution in [-0.2, 0) is 20.7 Å². The van der Waals surface area contributed by atoms with Crippen LogP contribution in [0.2, 0.25) is 0 Å². The lowest BCUT2D eigenvalue weighted by Gasteiger charge is -2.26. The van der Waals surface area contributed by atoms with Gasteiger partial charge in [-0.3, -0.25) is 14.9 Å². The molecule has 1 saturated heterocycles. The van der Waals surface area contributed by atoms with Crippen molar-refractivity contribution in [3.63, 3.8) is 0 Å². The van der Waals surface area contributed by atoms with E-state index in [1.165, 1.54) is 37.5 Å². The number of amides is 4. The van der Waals surface area contributed by atoms with Crippen molar-refractivity contribution in [3.05, 3.63) is 71.3 Å². The number of hydrogen-bond donors (Lipinski definition) is 1. The molecule has 0 spiro atoms. The molecule has 1 heterocycles. The van der Waals surface area contributed by atoms with Crippen LogP contribution in [0, 0.1) is 0 Å². The number of hydrogen-bond acceptors (Lipinski definition) is 7. The lowest BCUT2D eigenvalue weighted by atomic mass is 10.0. The summed E-state index contributed by atoms with van der Waals surface area (Å²) < 4.78 is 16.4. The molecule has 4 amide bonds. The highest BCUT2D eigenvalue weighted by Gasteiger charge is 2.37. The minimum absolute atomic E-state index is 0.189. The number of benzene rings is 2. The molecule has 36 heavy (non-hydrogen) atoms. The lowest BCUT2D eigenvalue weighted by molar-refractivity contribution is -0.122. The molecule has 1 N–H and O–H groups in total. The lowest BCUT2D eigenvalue weighted by Crippen LogP contribution is -2.54. The van der Waals surface area contributed by atoms with Gasteiger partial charge in [-0.25, -0.2) is 14.5 Å². The highest BCUT2D eigenvalue weighted by Crippen LogP contribution is 2.35. The molecular formula is C27H28N2O7. The highest BCUT2D eigenvalue weighted by atomic mass is 16.5. The highest BCUT2D eigenvalue weighted by molar-refractivity contribution is 6.39. The summed E-state index contributed by atoms with van der Waals surface area (Å²) in [6.45, 7) is 8.52. The van der Waals surface area contributed by atoms with Crippen molar-refractivity contribution in [2.45, 2.75) is 26.7 Å². The van der Waals surface area contributed by atoms with Gasteiger partial charge in [0.1, 0.15) is 5.57 Å². The van der Waals surface area contributed by atoms with Gasteiger partial charge in [-0.05, 0) is 67.8 Å². The molecule has 2 aromatic carbocycles. The van der Waals surface area contributed by atoms with Crippen LogP contribution in [-0.4, -0.2) is 44.1 Å². The van der Waals surface area contributed by atoms with Gasteiger partial charge in [0.2, 0.25) is 0 Å². The summed E-state index contributed by atoms with van der Waals surface area (Å²) in [5.74, 6) is -1.11. The number of urea groups is 1. The first-order valence-electron chi connectivity index (χ1n) is 11.5. The van der Waals surface area contributed by atoms with Crippen LogP contribution in [0.15, 0.2) is 54.6 Å². The Balaban J connectivity index is 2.03. The average molecular weight is 493 g/mol. The number of ether oxygens (including phenoxy) is 3. The number of methoxy groups -OCH3 is 1. The fourth-order valence-corrected chi connectivity index (χ4v) is 3.63. The minimum Gasteiger partial charge on any atom is -0.490 e. The number of carbonyl (C=O) groups excluding carboxylic acids is 4. The van der Waals surface area contributed by atoms with E-state index in [9.17, 15) is 19.2 Å². The Kier molecular flexibility index (Phi) is 8.61. The zero-order valence-corrected chi connectivity index (χ0v) is 20.5. The molecule has 0 bridgehead atoms. The van der Waals surface area contributed by atoms with Crippen molar-refractivity contribution in [3.8, 4) is 11.5 Å². The van der Waals surface area contributed by atoms with E-state index in [-0.39, 0.29) is 16.8 Å². The van der Waals surface area contributed by atoms with Gasteiger partial charge in [0.05, 0.1) is 31.6 Å². The molecule has 9 heteroatoms. The van der Waals surface area contributed by atoms with Gasteiger partial charge in [-0.1, -0.05) is 13.0 Å². The largest absolute Gasteiger partial charge is 0.490 e. The van der Waals surface area contributed by atoms with Crippen LogP contribution in [0.25, 0.3) is 6.08 Å². The zero-order chi connectivity index (χ0) is 26.2. The van der Waals surface area contributed by atoms with Gasteiger partial charge < -0.3 is 14.2 Å². The van der Waals surface area contributed by atoms with Crippen molar-refractivity contribution in [2.24, 2.45) is 0 Å². The number of allylic oxidation sites excluding steroid dienone is 1. The van der Waals surface area contributed by atoms with E-state index < -0.39 is 23.8 Å². The number of nitrogens with zero attached hydrogens (tertiary/aromatic N) is 1. The van der Waals surface area contributed by atoms with Crippen LogP contribution in [0.5, 0.6) is 11.5 Å². The van der Waals surface area contributed by atoms with E-state index in [4.69, 9.17) is 9.47 Å². The fourth-order valence-electron chi connectivity index (χ4n) is 3.63. The van der Waals surface area contributed by atoms with E-state index in [1.54, 1.807) is 18.2 Å². The van der Waals surface area contributed by atoms with E-state index in [1.807, 2.05) is 13.8 Å². The Morgan fingerprint density at radius 2 is 1.81 bits per heavy atom. The van der Waals surface area contributed by atoms with Crippen molar-refractivity contribution in [1.29, 1.82) is 0 Å². The second-order valence-corrected chi connectivity index (χ2v) is 7.78. The summed E-state index contributed by atoms with van der Waals surface area (Å²) >= 11 is 0. The number of rotatable bonds is 10. The molecule has 3 rings (SSSR count). The van der Waals surface area contributed by atoms with E-state index in [0.717, 1.165) is 16.9 Å². The van der Waals surface area contributed by atoms with Crippen LogP contribution < -0.4 is 19.7 Å². The predicted octanol–water partition coefficient (Wildman–Crippen LogP) is 4.06. The smallest absolute Gasteiger partial charge is 0.337 e. The van der Waals surface area contributed by atoms with Crippen LogP contribution in [0.3, 0.4) is 0 Å². The number of anilines is 1. The Bertz CT molecular complexity index is 1220. The summed E-state index contributed by atoms with van der Waals surface area (Å²) in [5.41, 5.74) is 1.51. The molecule has 9 nitrogen and oxygen atoms in total. The maximum atomic E-state index is 13.3. The van der Waals surface area contributed by atoms with Crippen molar-refractivity contribution in [2.75, 3.05) is 25.2 Å². The summed E-state index contributed by atoms with van der Waals surface area (Å²) in [5, 5.41) is 2.19. The Hall–Kier alpha value is -4.40. The molecule has 0 saturated carbocycles. The standard InChI is InChI=1S/C27H28N2O7/c1-5-8-19-14-17(16-22(35-7-3)23(19)36-13-6-2)15-21-24(30)28-27(33)29(25(21)31)20-11-9-18(10-12-20)26(32)34-4/h5,9-12,14-16H,1,6-8,13H2,2-4H3,(H,28,30,33)/b21-15+. The second kappa shape index (κ2) is 11.8. The van der Waals surface area contributed by atoms with Gasteiger partial charge in [0.25, 0.3) is 11.8 Å². The Labute approximate surface area is 209 Å². The SMILES string of the molecule is C=CCc1cc(/C=C2\C(=O)NC(=O)N(c3ccc(C(=O)OC)cc3)C2=O)cc(OCC)c1OCCC. The minimum atomic E-state index is -0.890. The van der Waals surface area contributed by atoms with E-state index in [0.29, 0.717) is 36.7 Å². The second-order valence-electron chi connectivity index (χ2n) is 7.78. The quantitative estimate of drug-likeness (QED) is 0.230. The maximum absolute atomic E-state index is 13.3. The number of nitrogens with one attached hydrogen (secondary N) is 1. The third-order valence-electron chi connectivity index (χ3n) is 5.23. The van der Waals surface area contributed by atoms with Crippen molar-refractivity contribution in [1.82, 2.24) is 5.32 Å². The molecule has 0 aliphatic carbocycles. The topological polar surface area (TPSA) is 111 Å². The predicted molar refractivity (Wildman–Crippen MR) is 134 cm³/mol. The average Bonchev–Trinajstić information content (AvgIpc) is 2.86. The normalized spacial score (nSPS) is 14.5. The Morgan fingerprint density at radius 3 is 2.42 bits per heavy atom. The summed E-state index contributed by atoms with van der Waals surface area (Å²) in [4.78, 5) is 50.9. The third-order valence-corrected chi connectivity index (χ3v) is 5.23. The van der Waals surface area contributed by atoms with E-state index in [2.05, 4.69) is 16.6 Å². The van der Waals surface area contributed by atoms with E-state index >= 15 is 0 Å². The first-order valence-corrected chi connectivity index (χ1v) is 11.5. The molecule has 0 atom stereocenters. The van der Waals surface area contributed by atoms with Crippen LogP contribution >= 0.6 is 0 Å². The molecule has 0 radical (unpaired) electrons. The fraction of sp³-hybridized carbons (Fsp3) is 0.259. The Morgan fingerprint density at radius 1 is 1.08 bits per heavy atom. The van der Waals surface area contributed by atoms with Gasteiger partial charge in [0, 0.05) is 5.56 Å². The molecule has 1 aliphatic heterocycles. The molecule has 2 aromatic rings. The molecular weight excluding hydrogens is 464 g/mol. The molecule has 0 unspecified atom stereocenters. The van der Waals surface area contributed by atoms with Gasteiger partial charge >= 0.3 is 12.0 Å². The monoisotopic (exact) mass is 492 g/mol. The summed E-state index contributed by atoms with van der Waals surface area (Å²) in [7, 11) is 1.25. The summed E-state index contributed by atoms with van der Waals surface area (Å²) in [6.07, 6.45) is 4.41. The van der Waals surface area contributed by atoms with Crippen LogP contribution in [0.1, 0.15) is 41.8 Å². The molecule has 188 valence electrons. The molecule has 1 aliphatic rings. The van der Waals surface area contributed by atoms with Crippen LogP contribution in [0.4, 0.5) is 10.5 Å². The maximum Gasteiger partial charge on any atom is 0.337 e. The number of barbiturate groups is 1. The number of imide groups is 2. The molecule has 0 aromatic heterocycles. The van der Waals surface area contributed by atoms with Crippen molar-refractivity contribution >= 4 is 35.6 Å². The first-order chi connectivity index (χ1) is 17.3. The summed E-state index contributed by atoms with van der Waals surface area (Å²) in [6, 6.07) is 8.27. The van der Waals surface area contributed by atoms with Gasteiger partial charge in [0.15, 0.2) is 11.5 Å².